The molecule has 0 saturated heterocycles. The van der Waals surface area contributed by atoms with Gasteiger partial charge < -0.3 is 14.8 Å². The number of benzene rings is 1. The first kappa shape index (κ1) is 15.2. The number of anilines is 1. The second-order valence-electron chi connectivity index (χ2n) is 4.51. The molecule has 0 aliphatic heterocycles. The van der Waals surface area contributed by atoms with Crippen LogP contribution in [0, 0.1) is 0 Å². The van der Waals surface area contributed by atoms with Crippen LogP contribution < -0.4 is 10.1 Å². The van der Waals surface area contributed by atoms with E-state index in [1.54, 1.807) is 12.1 Å². The van der Waals surface area contributed by atoms with Gasteiger partial charge in [-0.15, -0.1) is 0 Å². The van der Waals surface area contributed by atoms with Crippen LogP contribution in [0.25, 0.3) is 10.9 Å². The molecular formula is C14H18FN3O3. The highest BCUT2D eigenvalue weighted by atomic mass is 19.1. The first-order chi connectivity index (χ1) is 10.2. The summed E-state index contributed by atoms with van der Waals surface area (Å²) < 4.78 is 22.3. The molecule has 21 heavy (non-hydrogen) atoms. The number of methoxy groups -OCH3 is 1. The average Bonchev–Trinajstić information content (AvgIpc) is 2.86. The maximum absolute atomic E-state index is 12.0. The quantitative estimate of drug-likeness (QED) is 0.733. The summed E-state index contributed by atoms with van der Waals surface area (Å²) >= 11 is 0. The Kier molecular flexibility index (Phi) is 5.51. The lowest BCUT2D eigenvalue weighted by molar-refractivity contribution is -0.119. The summed E-state index contributed by atoms with van der Waals surface area (Å²) in [6.45, 7) is 0.0895. The lowest BCUT2D eigenvalue weighted by atomic mass is 10.2. The first-order valence-electron chi connectivity index (χ1n) is 6.70. The van der Waals surface area contributed by atoms with E-state index < -0.39 is 0 Å². The van der Waals surface area contributed by atoms with Gasteiger partial charge in [0.1, 0.15) is 12.4 Å². The van der Waals surface area contributed by atoms with Crippen LogP contribution in [0.2, 0.25) is 0 Å². The summed E-state index contributed by atoms with van der Waals surface area (Å²) in [4.78, 5) is 11.5. The Morgan fingerprint density at radius 1 is 1.43 bits per heavy atom. The number of unbranched alkanes of at least 4 members (excludes halogenated alkanes) is 1. The fourth-order valence-electron chi connectivity index (χ4n) is 1.86. The van der Waals surface area contributed by atoms with Crippen molar-refractivity contribution in [3.8, 4) is 5.75 Å². The van der Waals surface area contributed by atoms with Gasteiger partial charge in [0.05, 0.1) is 18.8 Å². The molecule has 0 unspecified atom stereocenters. The zero-order chi connectivity index (χ0) is 15.1. The van der Waals surface area contributed by atoms with Gasteiger partial charge >= 0.3 is 0 Å². The summed E-state index contributed by atoms with van der Waals surface area (Å²) in [5.41, 5.74) is 0.791. The minimum absolute atomic E-state index is 0.0340. The minimum atomic E-state index is -0.334. The molecule has 0 saturated carbocycles. The van der Waals surface area contributed by atoms with Crippen LogP contribution in [-0.2, 0) is 9.53 Å². The molecule has 0 aliphatic rings. The van der Waals surface area contributed by atoms with E-state index in [1.165, 1.54) is 7.11 Å². The molecule has 2 N–H and O–H groups in total. The molecule has 0 fully saturated rings. The van der Waals surface area contributed by atoms with Crippen molar-refractivity contribution < 1.29 is 18.7 Å². The number of H-pyrrole nitrogens is 1. The molecule has 0 atom stereocenters. The summed E-state index contributed by atoms with van der Waals surface area (Å²) in [5.74, 6) is 0.812. The Labute approximate surface area is 121 Å². The van der Waals surface area contributed by atoms with Crippen LogP contribution in [0.4, 0.5) is 10.2 Å². The maximum Gasteiger partial charge on any atom is 0.251 e. The van der Waals surface area contributed by atoms with Crippen molar-refractivity contribution in [1.82, 2.24) is 10.2 Å². The fraction of sp³-hybridized carbons (Fsp3) is 0.429. The molecule has 0 spiro atoms. The summed E-state index contributed by atoms with van der Waals surface area (Å²) in [6.07, 6.45) is 1.16. The van der Waals surface area contributed by atoms with Gasteiger partial charge in [0.15, 0.2) is 5.82 Å². The molecule has 2 aromatic rings. The van der Waals surface area contributed by atoms with E-state index >= 15 is 0 Å². The fourth-order valence-corrected chi connectivity index (χ4v) is 1.86. The van der Waals surface area contributed by atoms with Crippen LogP contribution in [0.3, 0.4) is 0 Å². The molecule has 1 aromatic heterocycles. The second-order valence-corrected chi connectivity index (χ2v) is 4.51. The van der Waals surface area contributed by atoms with Gasteiger partial charge in [-0.05, 0) is 31.0 Å². The van der Waals surface area contributed by atoms with E-state index in [9.17, 15) is 9.18 Å². The Morgan fingerprint density at radius 2 is 2.29 bits per heavy atom. The van der Waals surface area contributed by atoms with E-state index in [4.69, 9.17) is 9.47 Å². The third-order valence-electron chi connectivity index (χ3n) is 2.86. The Bertz CT molecular complexity index is 600. The smallest absolute Gasteiger partial charge is 0.251 e. The van der Waals surface area contributed by atoms with Gasteiger partial charge in [-0.3, -0.25) is 14.3 Å². The van der Waals surface area contributed by atoms with Crippen molar-refractivity contribution in [2.24, 2.45) is 0 Å². The largest absolute Gasteiger partial charge is 0.494 e. The van der Waals surface area contributed by atoms with E-state index in [2.05, 4.69) is 15.5 Å². The van der Waals surface area contributed by atoms with Crippen LogP contribution >= 0.6 is 0 Å². The monoisotopic (exact) mass is 295 g/mol. The highest BCUT2D eigenvalue weighted by Crippen LogP contribution is 2.25. The Balaban J connectivity index is 2.07. The number of aromatic amines is 1. The van der Waals surface area contributed by atoms with E-state index in [1.807, 2.05) is 6.07 Å². The highest BCUT2D eigenvalue weighted by Gasteiger charge is 2.10. The zero-order valence-electron chi connectivity index (χ0n) is 11.8. The predicted octanol–water partition coefficient (Wildman–Crippen LogP) is 2.28. The molecule has 114 valence electrons. The normalized spacial score (nSPS) is 10.8. The Hall–Kier alpha value is -2.15. The minimum Gasteiger partial charge on any atom is -0.494 e. The number of nitrogens with zero attached hydrogens (tertiary/aromatic N) is 1. The van der Waals surface area contributed by atoms with Crippen LogP contribution in [0.1, 0.15) is 12.8 Å². The number of rotatable bonds is 8. The molecule has 1 aromatic carbocycles. The van der Waals surface area contributed by atoms with Crippen molar-refractivity contribution in [3.05, 3.63) is 18.2 Å². The van der Waals surface area contributed by atoms with Crippen LogP contribution in [0.5, 0.6) is 5.75 Å². The van der Waals surface area contributed by atoms with Gasteiger partial charge in [0.2, 0.25) is 0 Å². The van der Waals surface area contributed by atoms with E-state index in [0.29, 0.717) is 31.0 Å². The van der Waals surface area contributed by atoms with Crippen LogP contribution in [-0.4, -0.2) is 43.1 Å². The van der Waals surface area contributed by atoms with Crippen molar-refractivity contribution in [1.29, 1.82) is 0 Å². The number of hydrogen-bond donors (Lipinski definition) is 2. The zero-order valence-corrected chi connectivity index (χ0v) is 11.8. The molecule has 2 rings (SSSR count). The van der Waals surface area contributed by atoms with Crippen molar-refractivity contribution in [2.75, 3.05) is 32.3 Å². The number of fused-ring (bicyclic) bond motifs is 1. The number of nitrogens with one attached hydrogen (secondary N) is 2. The molecule has 0 bridgehead atoms. The third-order valence-corrected chi connectivity index (χ3v) is 2.86. The highest BCUT2D eigenvalue weighted by molar-refractivity contribution is 6.00. The number of halogens is 1. The number of ether oxygens (including phenoxy) is 2. The van der Waals surface area contributed by atoms with Crippen molar-refractivity contribution in [3.63, 3.8) is 0 Å². The van der Waals surface area contributed by atoms with Gasteiger partial charge in [-0.25, -0.2) is 0 Å². The molecule has 7 heteroatoms. The standard InChI is InChI=1S/C14H18FN3O3/c1-20-9-13(19)16-14-11-8-10(21-7-3-2-6-15)4-5-12(11)17-18-14/h4-5,8H,2-3,6-7,9H2,1H3,(H2,16,17,18,19). The van der Waals surface area contributed by atoms with Crippen molar-refractivity contribution >= 4 is 22.6 Å². The molecule has 0 aliphatic carbocycles. The maximum atomic E-state index is 12.0. The summed E-state index contributed by atoms with van der Waals surface area (Å²) in [5, 5.41) is 10.3. The lowest BCUT2D eigenvalue weighted by Crippen LogP contribution is -2.17. The number of carbonyl (C=O) groups is 1. The Morgan fingerprint density at radius 3 is 3.05 bits per heavy atom. The number of carbonyl (C=O) groups excluding carboxylic acids is 1. The van der Waals surface area contributed by atoms with Gasteiger partial charge in [0, 0.05) is 12.5 Å². The molecule has 1 heterocycles. The number of hydrogen-bond acceptors (Lipinski definition) is 4. The summed E-state index contributed by atoms with van der Waals surface area (Å²) in [7, 11) is 1.45. The number of aromatic nitrogens is 2. The molecule has 1 amide bonds. The number of alkyl halides is 1. The summed E-state index contributed by atoms with van der Waals surface area (Å²) in [6, 6.07) is 5.41. The number of amides is 1. The second kappa shape index (κ2) is 7.58. The van der Waals surface area contributed by atoms with E-state index in [-0.39, 0.29) is 19.2 Å². The van der Waals surface area contributed by atoms with Gasteiger partial charge in [0.25, 0.3) is 5.91 Å². The molecular weight excluding hydrogens is 277 g/mol. The molecule has 0 radical (unpaired) electrons. The van der Waals surface area contributed by atoms with Crippen molar-refractivity contribution in [2.45, 2.75) is 12.8 Å². The third kappa shape index (κ3) is 4.16. The van der Waals surface area contributed by atoms with E-state index in [0.717, 1.165) is 10.9 Å². The topological polar surface area (TPSA) is 76.2 Å². The first-order valence-corrected chi connectivity index (χ1v) is 6.70. The SMILES string of the molecule is COCC(=O)Nc1n[nH]c2ccc(OCCCCF)cc12. The van der Waals surface area contributed by atoms with Gasteiger partial charge in [-0.1, -0.05) is 0 Å². The molecule has 6 nitrogen and oxygen atoms in total. The lowest BCUT2D eigenvalue weighted by Gasteiger charge is -2.06. The predicted molar refractivity (Wildman–Crippen MR) is 77.3 cm³/mol. The average molecular weight is 295 g/mol. The van der Waals surface area contributed by atoms with Gasteiger partial charge in [-0.2, -0.15) is 5.10 Å². The van der Waals surface area contributed by atoms with Crippen LogP contribution in [0.15, 0.2) is 18.2 Å².